The molecule has 2 rings (SSSR count). The van der Waals surface area contributed by atoms with Crippen LogP contribution in [0.15, 0.2) is 24.3 Å². The molecule has 0 bridgehead atoms. The number of likely N-dealkylation sites (N-methyl/N-ethyl adjacent to an activating group) is 1. The molecule has 116 valence electrons. The molecule has 1 aliphatic rings. The van der Waals surface area contributed by atoms with E-state index in [9.17, 15) is 4.79 Å². The van der Waals surface area contributed by atoms with Gasteiger partial charge in [0.25, 0.3) is 0 Å². The third-order valence-corrected chi connectivity index (χ3v) is 3.99. The van der Waals surface area contributed by atoms with Gasteiger partial charge in [0.15, 0.2) is 0 Å². The molecule has 1 amide bonds. The Morgan fingerprint density at radius 1 is 1.33 bits per heavy atom. The van der Waals surface area contributed by atoms with E-state index in [0.29, 0.717) is 6.54 Å². The molecule has 21 heavy (non-hydrogen) atoms. The number of rotatable bonds is 5. The average molecular weight is 290 g/mol. The molecule has 1 aromatic carbocycles. The molecule has 0 aromatic heterocycles. The van der Waals surface area contributed by atoms with Gasteiger partial charge in [0.05, 0.1) is 6.54 Å². The van der Waals surface area contributed by atoms with Gasteiger partial charge in [-0.3, -0.25) is 4.79 Å². The first-order valence-electron chi connectivity index (χ1n) is 7.76. The van der Waals surface area contributed by atoms with Crippen LogP contribution in [0.2, 0.25) is 0 Å². The topological polar surface area (TPSA) is 41.6 Å². The highest BCUT2D eigenvalue weighted by molar-refractivity contribution is 5.78. The number of hydrogen-bond donors (Lipinski definition) is 1. The Morgan fingerprint density at radius 3 is 2.67 bits per heavy atom. The molecule has 1 N–H and O–H groups in total. The Hall–Kier alpha value is -1.55. The summed E-state index contributed by atoms with van der Waals surface area (Å²) in [4.78, 5) is 14.0. The monoisotopic (exact) mass is 290 g/mol. The van der Waals surface area contributed by atoms with Gasteiger partial charge in [-0.2, -0.15) is 0 Å². The lowest BCUT2D eigenvalue weighted by molar-refractivity contribution is -0.130. The summed E-state index contributed by atoms with van der Waals surface area (Å²) in [6.07, 6.45) is 0.857. The molecule has 1 unspecified atom stereocenters. The average Bonchev–Trinajstić information content (AvgIpc) is 2.45. The van der Waals surface area contributed by atoms with E-state index in [2.05, 4.69) is 25.2 Å². The summed E-state index contributed by atoms with van der Waals surface area (Å²) in [5.74, 6) is 1.07. The van der Waals surface area contributed by atoms with Crippen molar-refractivity contribution in [1.82, 2.24) is 10.2 Å². The standard InChI is InChI=1S/C17H26N2O2/c1-5-19(6-2)16(20)12-18-14-11-17(3,4)21-15-10-8-7-9-13(14)15/h7-10,14,18H,5-6,11-12H2,1-4H3. The van der Waals surface area contributed by atoms with Crippen LogP contribution >= 0.6 is 0 Å². The first kappa shape index (κ1) is 15.8. The summed E-state index contributed by atoms with van der Waals surface area (Å²) in [7, 11) is 0. The van der Waals surface area contributed by atoms with Gasteiger partial charge < -0.3 is 15.0 Å². The van der Waals surface area contributed by atoms with Gasteiger partial charge in [-0.05, 0) is 33.8 Å². The van der Waals surface area contributed by atoms with Crippen molar-refractivity contribution in [1.29, 1.82) is 0 Å². The highest BCUT2D eigenvalue weighted by atomic mass is 16.5. The Labute approximate surface area is 127 Å². The van der Waals surface area contributed by atoms with E-state index in [4.69, 9.17) is 4.74 Å². The Balaban J connectivity index is 2.08. The van der Waals surface area contributed by atoms with Gasteiger partial charge in [-0.25, -0.2) is 0 Å². The minimum Gasteiger partial charge on any atom is -0.487 e. The number of para-hydroxylation sites is 1. The fraction of sp³-hybridized carbons (Fsp3) is 0.588. The van der Waals surface area contributed by atoms with E-state index < -0.39 is 0 Å². The maximum atomic E-state index is 12.2. The van der Waals surface area contributed by atoms with Crippen LogP contribution in [0.25, 0.3) is 0 Å². The molecule has 1 aromatic rings. The third kappa shape index (κ3) is 3.76. The Kier molecular flexibility index (Phi) is 4.88. The Morgan fingerprint density at radius 2 is 2.00 bits per heavy atom. The summed E-state index contributed by atoms with van der Waals surface area (Å²) < 4.78 is 6.01. The van der Waals surface area contributed by atoms with Gasteiger partial charge >= 0.3 is 0 Å². The second kappa shape index (κ2) is 6.48. The van der Waals surface area contributed by atoms with Crippen molar-refractivity contribution in [3.8, 4) is 5.75 Å². The van der Waals surface area contributed by atoms with Gasteiger partial charge in [-0.15, -0.1) is 0 Å². The van der Waals surface area contributed by atoms with Crippen LogP contribution in [0.4, 0.5) is 0 Å². The molecule has 0 spiro atoms. The fourth-order valence-corrected chi connectivity index (χ4v) is 2.88. The van der Waals surface area contributed by atoms with Crippen LogP contribution in [-0.2, 0) is 4.79 Å². The van der Waals surface area contributed by atoms with E-state index >= 15 is 0 Å². The van der Waals surface area contributed by atoms with Gasteiger partial charge in [0, 0.05) is 31.1 Å². The molecule has 1 heterocycles. The minimum atomic E-state index is -0.218. The summed E-state index contributed by atoms with van der Waals surface area (Å²) >= 11 is 0. The zero-order chi connectivity index (χ0) is 15.5. The molecule has 4 heteroatoms. The van der Waals surface area contributed by atoms with E-state index in [0.717, 1.165) is 30.8 Å². The molecule has 1 atom stereocenters. The number of nitrogens with zero attached hydrogens (tertiary/aromatic N) is 1. The highest BCUT2D eigenvalue weighted by Crippen LogP contribution is 2.38. The lowest BCUT2D eigenvalue weighted by Crippen LogP contribution is -2.43. The van der Waals surface area contributed by atoms with Crippen LogP contribution in [0.1, 0.15) is 45.7 Å². The normalized spacial score (nSPS) is 19.5. The largest absolute Gasteiger partial charge is 0.487 e. The van der Waals surface area contributed by atoms with Gasteiger partial charge in [0.1, 0.15) is 11.4 Å². The molecule has 1 aliphatic heterocycles. The molecule has 0 radical (unpaired) electrons. The first-order chi connectivity index (χ1) is 9.96. The second-order valence-electron chi connectivity index (χ2n) is 6.10. The van der Waals surface area contributed by atoms with E-state index in [1.54, 1.807) is 0 Å². The van der Waals surface area contributed by atoms with E-state index in [-0.39, 0.29) is 17.6 Å². The summed E-state index contributed by atoms with van der Waals surface area (Å²) in [6.45, 7) is 10.1. The Bertz CT molecular complexity index is 495. The second-order valence-corrected chi connectivity index (χ2v) is 6.10. The maximum Gasteiger partial charge on any atom is 0.236 e. The number of ether oxygens (including phenoxy) is 1. The molecular formula is C17H26N2O2. The molecule has 0 aliphatic carbocycles. The number of amides is 1. The van der Waals surface area contributed by atoms with Crippen molar-refractivity contribution in [2.45, 2.75) is 45.8 Å². The van der Waals surface area contributed by atoms with E-state index in [1.807, 2.05) is 36.9 Å². The van der Waals surface area contributed by atoms with Crippen LogP contribution < -0.4 is 10.1 Å². The van der Waals surface area contributed by atoms with Crippen molar-refractivity contribution >= 4 is 5.91 Å². The predicted octanol–water partition coefficient (Wildman–Crippen LogP) is 2.75. The number of carbonyl (C=O) groups excluding carboxylic acids is 1. The highest BCUT2D eigenvalue weighted by Gasteiger charge is 2.33. The zero-order valence-electron chi connectivity index (χ0n) is 13.5. The number of nitrogens with one attached hydrogen (secondary N) is 1. The molecule has 0 saturated heterocycles. The predicted molar refractivity (Wildman–Crippen MR) is 84.4 cm³/mol. The number of hydrogen-bond acceptors (Lipinski definition) is 3. The summed E-state index contributed by atoms with van der Waals surface area (Å²) in [6, 6.07) is 8.23. The quantitative estimate of drug-likeness (QED) is 0.906. The van der Waals surface area contributed by atoms with Crippen LogP contribution in [-0.4, -0.2) is 36.0 Å². The van der Waals surface area contributed by atoms with Gasteiger partial charge in [-0.1, -0.05) is 18.2 Å². The van der Waals surface area contributed by atoms with Crippen LogP contribution in [0.5, 0.6) is 5.75 Å². The van der Waals surface area contributed by atoms with Crippen LogP contribution in [0.3, 0.4) is 0 Å². The first-order valence-corrected chi connectivity index (χ1v) is 7.76. The van der Waals surface area contributed by atoms with Crippen molar-refractivity contribution in [3.05, 3.63) is 29.8 Å². The molecular weight excluding hydrogens is 264 g/mol. The summed E-state index contributed by atoms with van der Waals surface area (Å²) in [5.41, 5.74) is 0.925. The molecule has 0 fully saturated rings. The third-order valence-electron chi connectivity index (χ3n) is 3.99. The van der Waals surface area contributed by atoms with Gasteiger partial charge in [0.2, 0.25) is 5.91 Å². The fourth-order valence-electron chi connectivity index (χ4n) is 2.88. The number of carbonyl (C=O) groups is 1. The zero-order valence-corrected chi connectivity index (χ0v) is 13.5. The SMILES string of the molecule is CCN(CC)C(=O)CNC1CC(C)(C)Oc2ccccc21. The maximum absolute atomic E-state index is 12.2. The number of fused-ring (bicyclic) bond motifs is 1. The number of benzene rings is 1. The summed E-state index contributed by atoms with van der Waals surface area (Å²) in [5, 5.41) is 3.41. The van der Waals surface area contributed by atoms with E-state index in [1.165, 1.54) is 0 Å². The van der Waals surface area contributed by atoms with Crippen molar-refractivity contribution in [2.75, 3.05) is 19.6 Å². The van der Waals surface area contributed by atoms with Crippen LogP contribution in [0, 0.1) is 0 Å². The lowest BCUT2D eigenvalue weighted by Gasteiger charge is -2.38. The lowest BCUT2D eigenvalue weighted by atomic mass is 9.90. The van der Waals surface area contributed by atoms with Crippen molar-refractivity contribution in [3.63, 3.8) is 0 Å². The smallest absolute Gasteiger partial charge is 0.236 e. The van der Waals surface area contributed by atoms with Crippen molar-refractivity contribution < 1.29 is 9.53 Å². The molecule has 0 saturated carbocycles. The van der Waals surface area contributed by atoms with Crippen molar-refractivity contribution in [2.24, 2.45) is 0 Å². The molecule has 4 nitrogen and oxygen atoms in total. The minimum absolute atomic E-state index is 0.154.